The van der Waals surface area contributed by atoms with Gasteiger partial charge >= 0.3 is 0 Å². The maximum Gasteiger partial charge on any atom is 0.0732 e. The molecule has 0 aliphatic carbocycles. The highest BCUT2D eigenvalue weighted by Crippen LogP contribution is 2.01. The van der Waals surface area contributed by atoms with E-state index >= 15 is 0 Å². The van der Waals surface area contributed by atoms with Crippen LogP contribution in [0.1, 0.15) is 0 Å². The molecule has 38 valence electrons. The van der Waals surface area contributed by atoms with Gasteiger partial charge in [0, 0.05) is 14.1 Å². The van der Waals surface area contributed by atoms with Crippen molar-refractivity contribution in [1.29, 1.82) is 0 Å². The zero-order valence-electron chi connectivity index (χ0n) is 4.55. The van der Waals surface area contributed by atoms with Gasteiger partial charge in [0.05, 0.1) is 18.1 Å². The molecule has 0 aromatic rings. The van der Waals surface area contributed by atoms with Crippen molar-refractivity contribution in [3.8, 4) is 0 Å². The summed E-state index contributed by atoms with van der Waals surface area (Å²) < 4.78 is 0. The summed E-state index contributed by atoms with van der Waals surface area (Å²) in [6, 6.07) is 0. The van der Waals surface area contributed by atoms with E-state index in [4.69, 9.17) is 0 Å². The van der Waals surface area contributed by atoms with Crippen LogP contribution >= 0.6 is 0 Å². The number of allylic oxidation sites excluding steroid dienone is 1. The molecule has 2 nitrogen and oxygen atoms in total. The normalized spacial score (nSPS) is 15.4. The molecule has 1 heterocycles. The van der Waals surface area contributed by atoms with Gasteiger partial charge in [-0.1, -0.05) is 0 Å². The first-order valence-electron chi connectivity index (χ1n) is 2.21. The summed E-state index contributed by atoms with van der Waals surface area (Å²) >= 11 is 0. The lowest BCUT2D eigenvalue weighted by molar-refractivity contribution is 0.535. The summed E-state index contributed by atoms with van der Waals surface area (Å²) in [6.45, 7) is 0. The van der Waals surface area contributed by atoms with Crippen LogP contribution < -0.4 is 0 Å². The molecule has 0 fully saturated rings. The molecule has 0 saturated heterocycles. The Morgan fingerprint density at radius 3 is 2.14 bits per heavy atom. The Labute approximate surface area is 43.2 Å². The summed E-state index contributed by atoms with van der Waals surface area (Å²) in [5.74, 6) is 0. The van der Waals surface area contributed by atoms with E-state index in [9.17, 15) is 0 Å². The maximum absolute atomic E-state index is 3.79. The molecule has 1 rings (SSSR count). The van der Waals surface area contributed by atoms with Crippen LogP contribution in [0.5, 0.6) is 0 Å². The molecule has 0 amide bonds. The Morgan fingerprint density at radius 2 is 2.14 bits per heavy atom. The predicted octanol–water partition coefficient (Wildman–Crippen LogP) is 0.474. The van der Waals surface area contributed by atoms with Gasteiger partial charge in [0.15, 0.2) is 0 Å². The minimum atomic E-state index is 1.19. The lowest BCUT2D eigenvalue weighted by Gasteiger charge is -2.14. The van der Waals surface area contributed by atoms with Gasteiger partial charge < -0.3 is 4.90 Å². The zero-order chi connectivity index (χ0) is 5.28. The highest BCUT2D eigenvalue weighted by Gasteiger charge is 1.98. The van der Waals surface area contributed by atoms with Crippen LogP contribution in [0, 0.1) is 0 Å². The van der Waals surface area contributed by atoms with Crippen molar-refractivity contribution in [1.82, 2.24) is 4.90 Å². The Hall–Kier alpha value is -0.790. The third-order valence-corrected chi connectivity index (χ3v) is 0.930. The number of hydrogen-bond acceptors (Lipinski definition) is 2. The molecular weight excluding hydrogens is 88.1 g/mol. The van der Waals surface area contributed by atoms with Crippen molar-refractivity contribution in [2.24, 2.45) is 4.99 Å². The first kappa shape index (κ1) is 4.37. The predicted molar refractivity (Wildman–Crippen MR) is 30.3 cm³/mol. The smallest absolute Gasteiger partial charge is 0.0732 e. The fourth-order valence-electron chi connectivity index (χ4n) is 0.372. The van der Waals surface area contributed by atoms with E-state index in [1.165, 1.54) is 5.70 Å². The van der Waals surface area contributed by atoms with Crippen LogP contribution in [0.3, 0.4) is 0 Å². The van der Waals surface area contributed by atoms with Crippen LogP contribution in [0.2, 0.25) is 0 Å². The average molecular weight is 96.1 g/mol. The van der Waals surface area contributed by atoms with Gasteiger partial charge in [-0.3, -0.25) is 4.99 Å². The van der Waals surface area contributed by atoms with E-state index < -0.39 is 0 Å². The first-order chi connectivity index (χ1) is 3.30. The maximum atomic E-state index is 3.79. The Balaban J connectivity index is 2.43. The average Bonchev–Trinajstić information content (AvgIpc) is 1.23. The summed E-state index contributed by atoms with van der Waals surface area (Å²) in [5.41, 5.74) is 1.19. The summed E-state index contributed by atoms with van der Waals surface area (Å²) in [7, 11) is 3.99. The van der Waals surface area contributed by atoms with Crippen LogP contribution in [-0.2, 0) is 0 Å². The van der Waals surface area contributed by atoms with Gasteiger partial charge in [0.25, 0.3) is 0 Å². The van der Waals surface area contributed by atoms with Crippen LogP contribution in [0.25, 0.3) is 0 Å². The van der Waals surface area contributed by atoms with Gasteiger partial charge in [-0.05, 0) is 0 Å². The van der Waals surface area contributed by atoms with E-state index in [-0.39, 0.29) is 0 Å². The standard InChI is InChI=1S/C5H8N2/c1-7(2)5-3-6-4-5/h3-4H,1-2H3. The second-order valence-electron chi connectivity index (χ2n) is 1.73. The lowest BCUT2D eigenvalue weighted by atomic mass is 10.4. The Kier molecular flexibility index (Phi) is 0.855. The summed E-state index contributed by atoms with van der Waals surface area (Å²) in [4.78, 5) is 5.81. The topological polar surface area (TPSA) is 15.6 Å². The van der Waals surface area contributed by atoms with Crippen LogP contribution in [0.15, 0.2) is 16.9 Å². The van der Waals surface area contributed by atoms with Crippen molar-refractivity contribution in [2.45, 2.75) is 0 Å². The molecule has 7 heavy (non-hydrogen) atoms. The van der Waals surface area contributed by atoms with Gasteiger partial charge in [0.2, 0.25) is 0 Å². The first-order valence-corrected chi connectivity index (χ1v) is 2.21. The highest BCUT2D eigenvalue weighted by atomic mass is 15.1. The molecule has 0 atom stereocenters. The molecule has 1 aliphatic rings. The SMILES string of the molecule is CN(C)C1=CN=C1. The Morgan fingerprint density at radius 1 is 1.57 bits per heavy atom. The largest absolute Gasteiger partial charge is 0.375 e. The summed E-state index contributed by atoms with van der Waals surface area (Å²) in [5, 5.41) is 0. The zero-order valence-corrected chi connectivity index (χ0v) is 4.55. The van der Waals surface area contributed by atoms with Crippen molar-refractivity contribution < 1.29 is 0 Å². The van der Waals surface area contributed by atoms with E-state index in [1.807, 2.05) is 31.4 Å². The molecule has 0 bridgehead atoms. The quantitative estimate of drug-likeness (QED) is 0.463. The monoisotopic (exact) mass is 96.1 g/mol. The number of hydrogen-bond donors (Lipinski definition) is 0. The van der Waals surface area contributed by atoms with Crippen LogP contribution in [-0.4, -0.2) is 25.2 Å². The molecule has 2 heteroatoms. The molecule has 1 aliphatic heterocycles. The number of rotatable bonds is 1. The fraction of sp³-hybridized carbons (Fsp3) is 0.400. The minimum Gasteiger partial charge on any atom is -0.375 e. The second kappa shape index (κ2) is 1.37. The molecule has 0 unspecified atom stereocenters. The van der Waals surface area contributed by atoms with Gasteiger partial charge in [0.1, 0.15) is 0 Å². The third kappa shape index (κ3) is 0.633. The highest BCUT2D eigenvalue weighted by molar-refractivity contribution is 5.83. The van der Waals surface area contributed by atoms with Crippen molar-refractivity contribution >= 4 is 6.21 Å². The Bertz CT molecular complexity index is 122. The van der Waals surface area contributed by atoms with Crippen molar-refractivity contribution in [3.05, 3.63) is 11.9 Å². The molecule has 0 radical (unpaired) electrons. The van der Waals surface area contributed by atoms with E-state index in [0.717, 1.165) is 0 Å². The van der Waals surface area contributed by atoms with Crippen molar-refractivity contribution in [3.63, 3.8) is 0 Å². The summed E-state index contributed by atoms with van der Waals surface area (Å²) in [6.07, 6.45) is 3.67. The van der Waals surface area contributed by atoms with Gasteiger partial charge in [-0.25, -0.2) is 0 Å². The molecule has 0 saturated carbocycles. The third-order valence-electron chi connectivity index (χ3n) is 0.930. The fourth-order valence-corrected chi connectivity index (χ4v) is 0.372. The van der Waals surface area contributed by atoms with E-state index in [2.05, 4.69) is 4.99 Å². The lowest BCUT2D eigenvalue weighted by Crippen LogP contribution is -2.14. The molecular formula is C5H8N2. The van der Waals surface area contributed by atoms with Crippen LogP contribution in [0.4, 0.5) is 0 Å². The molecule has 0 N–H and O–H groups in total. The van der Waals surface area contributed by atoms with Crippen molar-refractivity contribution in [2.75, 3.05) is 14.1 Å². The molecule has 0 spiro atoms. The minimum absolute atomic E-state index is 1.19. The molecule has 0 aromatic carbocycles. The van der Waals surface area contributed by atoms with Gasteiger partial charge in [-0.15, -0.1) is 0 Å². The number of nitrogens with zero attached hydrogens (tertiary/aromatic N) is 2. The second-order valence-corrected chi connectivity index (χ2v) is 1.73. The molecule has 0 aromatic heterocycles. The number of aliphatic imine (C=N–C) groups is 1. The van der Waals surface area contributed by atoms with E-state index in [1.54, 1.807) is 0 Å². The van der Waals surface area contributed by atoms with E-state index in [0.29, 0.717) is 0 Å². The van der Waals surface area contributed by atoms with Gasteiger partial charge in [-0.2, -0.15) is 0 Å².